The van der Waals surface area contributed by atoms with Crippen molar-refractivity contribution in [2.24, 2.45) is 0 Å². The summed E-state index contributed by atoms with van der Waals surface area (Å²) in [7, 11) is -3.84. The molecule has 0 spiro atoms. The van der Waals surface area contributed by atoms with Gasteiger partial charge < -0.3 is 13.9 Å². The molecule has 2 aromatic rings. The molecule has 0 atom stereocenters. The Morgan fingerprint density at radius 3 is 2.64 bits per heavy atom. The summed E-state index contributed by atoms with van der Waals surface area (Å²) >= 11 is 6.00. The Hall–Kier alpha value is -2.36. The Labute approximate surface area is 166 Å². The summed E-state index contributed by atoms with van der Waals surface area (Å²) in [5.74, 6) is -1.25. The summed E-state index contributed by atoms with van der Waals surface area (Å²) in [6, 6.07) is 5.14. The molecule has 0 aliphatic heterocycles. The van der Waals surface area contributed by atoms with Gasteiger partial charge in [0.05, 0.1) is 23.5 Å². The van der Waals surface area contributed by atoms with Crippen molar-refractivity contribution in [3.8, 4) is 0 Å². The average molecular weight is 428 g/mol. The summed E-state index contributed by atoms with van der Waals surface area (Å²) in [6.45, 7) is 1.55. The van der Waals surface area contributed by atoms with Gasteiger partial charge in [-0.2, -0.15) is 0 Å². The minimum atomic E-state index is -3.84. The summed E-state index contributed by atoms with van der Waals surface area (Å²) in [5, 5.41) is 0.000307. The lowest BCUT2D eigenvalue weighted by atomic mass is 10.2. The van der Waals surface area contributed by atoms with Crippen LogP contribution in [0, 0.1) is 0 Å². The van der Waals surface area contributed by atoms with Crippen LogP contribution in [0.5, 0.6) is 0 Å². The van der Waals surface area contributed by atoms with Gasteiger partial charge in [-0.1, -0.05) is 11.6 Å². The molecule has 28 heavy (non-hydrogen) atoms. The first kappa shape index (κ1) is 20.4. The number of hydrogen-bond acceptors (Lipinski definition) is 7. The lowest BCUT2D eigenvalue weighted by Crippen LogP contribution is -2.26. The number of carbonyl (C=O) groups is 2. The summed E-state index contributed by atoms with van der Waals surface area (Å²) in [6.07, 6.45) is 2.82. The molecule has 0 saturated heterocycles. The van der Waals surface area contributed by atoms with Crippen LogP contribution in [0.1, 0.15) is 46.2 Å². The van der Waals surface area contributed by atoms with Gasteiger partial charge in [-0.25, -0.2) is 22.7 Å². The Bertz CT molecular complexity index is 995. The Kier molecular flexibility index (Phi) is 6.07. The number of hydrogen-bond donors (Lipinski definition) is 1. The number of nitrogens with one attached hydrogen (secondary N) is 1. The third kappa shape index (κ3) is 4.73. The van der Waals surface area contributed by atoms with Crippen molar-refractivity contribution in [1.82, 2.24) is 4.72 Å². The minimum absolute atomic E-state index is 0.000307. The van der Waals surface area contributed by atoms with Crippen molar-refractivity contribution in [3.63, 3.8) is 0 Å². The summed E-state index contributed by atoms with van der Waals surface area (Å²) < 4.78 is 42.5. The molecule has 10 heteroatoms. The fourth-order valence-corrected chi connectivity index (χ4v) is 4.21. The van der Waals surface area contributed by atoms with Crippen LogP contribution >= 0.6 is 11.6 Å². The highest BCUT2D eigenvalue weighted by atomic mass is 35.5. The molecular formula is C18H18ClNO7S. The lowest BCUT2D eigenvalue weighted by Gasteiger charge is -2.10. The van der Waals surface area contributed by atoms with E-state index in [4.69, 9.17) is 25.5 Å². The largest absolute Gasteiger partial charge is 0.465 e. The third-order valence-electron chi connectivity index (χ3n) is 3.93. The van der Waals surface area contributed by atoms with E-state index >= 15 is 0 Å². The number of sulfonamides is 1. The van der Waals surface area contributed by atoms with Gasteiger partial charge in [0.2, 0.25) is 10.0 Å². The molecule has 1 aliphatic carbocycles. The van der Waals surface area contributed by atoms with Crippen molar-refractivity contribution < 1.29 is 31.9 Å². The van der Waals surface area contributed by atoms with Crippen molar-refractivity contribution in [2.45, 2.75) is 37.3 Å². The fourth-order valence-electron chi connectivity index (χ4n) is 2.38. The molecule has 0 radical (unpaired) electrons. The standard InChI is InChI=1S/C18H18ClNO7S/c1-2-25-18(22)13-7-8-26-15(13)10-27-17(21)11-3-6-14(19)16(9-11)28(23,24)20-12-4-5-12/h3,6-9,12,20H,2,4-5,10H2,1H3. The molecule has 8 nitrogen and oxygen atoms in total. The number of rotatable bonds is 8. The zero-order valence-corrected chi connectivity index (χ0v) is 16.5. The van der Waals surface area contributed by atoms with Gasteiger partial charge >= 0.3 is 11.9 Å². The molecule has 1 aliphatic rings. The van der Waals surface area contributed by atoms with Crippen LogP contribution < -0.4 is 4.72 Å². The SMILES string of the molecule is CCOC(=O)c1ccoc1COC(=O)c1ccc(Cl)c(S(=O)(=O)NC2CC2)c1. The van der Waals surface area contributed by atoms with Crippen molar-refractivity contribution in [1.29, 1.82) is 0 Å². The van der Waals surface area contributed by atoms with Gasteiger partial charge in [-0.15, -0.1) is 0 Å². The highest BCUT2D eigenvalue weighted by Crippen LogP contribution is 2.27. The molecule has 1 fully saturated rings. The molecule has 0 amide bonds. The number of esters is 2. The number of benzene rings is 1. The Morgan fingerprint density at radius 1 is 1.21 bits per heavy atom. The molecule has 1 aromatic carbocycles. The second kappa shape index (κ2) is 8.34. The van der Waals surface area contributed by atoms with Crippen molar-refractivity contribution in [2.75, 3.05) is 6.61 Å². The normalized spacial score (nSPS) is 13.9. The third-order valence-corrected chi connectivity index (χ3v) is 5.93. The second-order valence-corrected chi connectivity index (χ2v) is 8.18. The molecular weight excluding hydrogens is 410 g/mol. The molecule has 1 aromatic heterocycles. The summed E-state index contributed by atoms with van der Waals surface area (Å²) in [4.78, 5) is 24.0. The number of carbonyl (C=O) groups excluding carboxylic acids is 2. The Morgan fingerprint density at radius 2 is 1.96 bits per heavy atom. The highest BCUT2D eigenvalue weighted by Gasteiger charge is 2.30. The van der Waals surface area contributed by atoms with E-state index in [0.717, 1.165) is 18.9 Å². The monoisotopic (exact) mass is 427 g/mol. The first-order valence-corrected chi connectivity index (χ1v) is 10.4. The highest BCUT2D eigenvalue weighted by molar-refractivity contribution is 7.89. The van der Waals surface area contributed by atoms with Crippen LogP contribution in [0.4, 0.5) is 0 Å². The number of ether oxygens (including phenoxy) is 2. The topological polar surface area (TPSA) is 112 Å². The maximum Gasteiger partial charge on any atom is 0.341 e. The average Bonchev–Trinajstić information content (AvgIpc) is 3.32. The van der Waals surface area contributed by atoms with E-state index in [1.54, 1.807) is 6.92 Å². The van der Waals surface area contributed by atoms with E-state index in [-0.39, 0.29) is 46.1 Å². The van der Waals surface area contributed by atoms with Crippen molar-refractivity contribution in [3.05, 3.63) is 52.4 Å². The van der Waals surface area contributed by atoms with Crippen LogP contribution in [0.15, 0.2) is 39.8 Å². The molecule has 1 heterocycles. The number of furan rings is 1. The van der Waals surface area contributed by atoms with E-state index in [1.807, 2.05) is 0 Å². The van der Waals surface area contributed by atoms with Crippen LogP contribution in [-0.4, -0.2) is 33.0 Å². The molecule has 0 unspecified atom stereocenters. The first-order valence-electron chi connectivity index (χ1n) is 8.54. The van der Waals surface area contributed by atoms with Gasteiger partial charge in [0.15, 0.2) is 12.4 Å². The van der Waals surface area contributed by atoms with Gasteiger partial charge in [0, 0.05) is 6.04 Å². The molecule has 0 bridgehead atoms. The minimum Gasteiger partial charge on any atom is -0.465 e. The molecule has 150 valence electrons. The second-order valence-electron chi connectivity index (χ2n) is 6.09. The zero-order valence-electron chi connectivity index (χ0n) is 14.9. The number of halogens is 1. The van der Waals surface area contributed by atoms with Gasteiger partial charge in [-0.05, 0) is 44.0 Å². The van der Waals surface area contributed by atoms with Crippen LogP contribution in [0.25, 0.3) is 0 Å². The quantitative estimate of drug-likeness (QED) is 0.644. The Balaban J connectivity index is 1.72. The zero-order chi connectivity index (χ0) is 20.3. The van der Waals surface area contributed by atoms with Crippen LogP contribution in [0.2, 0.25) is 5.02 Å². The predicted molar refractivity (Wildman–Crippen MR) is 98.6 cm³/mol. The van der Waals surface area contributed by atoms with E-state index in [2.05, 4.69) is 4.72 Å². The predicted octanol–water partition coefficient (Wildman–Crippen LogP) is 2.91. The molecule has 3 rings (SSSR count). The van der Waals surface area contributed by atoms with E-state index in [0.29, 0.717) is 0 Å². The van der Waals surface area contributed by atoms with E-state index < -0.39 is 22.0 Å². The van der Waals surface area contributed by atoms with E-state index in [1.165, 1.54) is 24.5 Å². The van der Waals surface area contributed by atoms with Crippen LogP contribution in [-0.2, 0) is 26.1 Å². The lowest BCUT2D eigenvalue weighted by molar-refractivity contribution is 0.0422. The van der Waals surface area contributed by atoms with E-state index in [9.17, 15) is 18.0 Å². The molecule has 1 N–H and O–H groups in total. The molecule has 1 saturated carbocycles. The van der Waals surface area contributed by atoms with Gasteiger partial charge in [0.1, 0.15) is 10.5 Å². The van der Waals surface area contributed by atoms with Crippen molar-refractivity contribution >= 4 is 33.6 Å². The first-order chi connectivity index (χ1) is 13.3. The maximum absolute atomic E-state index is 12.4. The fraction of sp³-hybridized carbons (Fsp3) is 0.333. The van der Waals surface area contributed by atoms with Gasteiger partial charge in [-0.3, -0.25) is 0 Å². The van der Waals surface area contributed by atoms with Gasteiger partial charge in [0.25, 0.3) is 0 Å². The maximum atomic E-state index is 12.4. The van der Waals surface area contributed by atoms with Crippen LogP contribution in [0.3, 0.4) is 0 Å². The summed E-state index contributed by atoms with van der Waals surface area (Å²) in [5.41, 5.74) is 0.160. The smallest absolute Gasteiger partial charge is 0.341 e.